The average molecular weight is 1230 g/mol. The number of alkyl halides is 46. The maximum absolute atomic E-state index is 14.0. The van der Waals surface area contributed by atoms with Gasteiger partial charge in [0.2, 0.25) is 0 Å². The number of hydrogen-bond donors (Lipinski definition) is 0. The van der Waals surface area contributed by atoms with Gasteiger partial charge < -0.3 is 0 Å². The van der Waals surface area contributed by atoms with Crippen LogP contribution in [0.3, 0.4) is 0 Å². The standard InChI is InChI=1S/C26H8F46S/c27-5(28,7(31,32)9(35,36)11(39,40)13(43,44)15(47,48)17(51,52)19(55,56)21(59,60)23(63,64)25(67,68)69)1-3-73-4-2-6(29,30)8(33,34)10(37,38)12(41,42)14(45,46)16(49,50)18(53,54)20(57,58)22(61,62)24(65,66)26(70,71)72/h1-4H2. The molecule has 0 saturated heterocycles. The molecule has 73 heavy (non-hydrogen) atoms. The summed E-state index contributed by atoms with van der Waals surface area (Å²) >= 11 is -1.60. The van der Waals surface area contributed by atoms with Crippen LogP contribution < -0.4 is 0 Å². The molecule has 0 spiro atoms. The van der Waals surface area contributed by atoms with Gasteiger partial charge in [0.05, 0.1) is 0 Å². The molecular formula is C26H8F46S. The molecule has 0 rings (SSSR count). The van der Waals surface area contributed by atoms with Crippen LogP contribution >= 0.6 is 11.8 Å². The summed E-state index contributed by atoms with van der Waals surface area (Å²) in [4.78, 5) is 0. The van der Waals surface area contributed by atoms with E-state index in [1.54, 1.807) is 0 Å². The molecule has 0 radical (unpaired) electrons. The van der Waals surface area contributed by atoms with Gasteiger partial charge in [0.25, 0.3) is 0 Å². The van der Waals surface area contributed by atoms with Gasteiger partial charge in [0.1, 0.15) is 0 Å². The Labute approximate surface area is 370 Å². The molecule has 0 heterocycles. The Morgan fingerprint density at radius 3 is 0.384 bits per heavy atom. The molecule has 0 bridgehead atoms. The Kier molecular flexibility index (Phi) is 17.1. The highest BCUT2D eigenvalue weighted by Crippen LogP contribution is 2.70. The summed E-state index contributed by atoms with van der Waals surface area (Å²) in [5, 5.41) is 0. The lowest BCUT2D eigenvalue weighted by Gasteiger charge is -2.45. The van der Waals surface area contributed by atoms with Gasteiger partial charge in [-0.3, -0.25) is 0 Å². The molecule has 0 atom stereocenters. The number of hydrogen-bond acceptors (Lipinski definition) is 1. The van der Waals surface area contributed by atoms with Crippen molar-refractivity contribution in [1.29, 1.82) is 0 Å². The van der Waals surface area contributed by atoms with Gasteiger partial charge in [0.15, 0.2) is 0 Å². The molecule has 0 aromatic carbocycles. The van der Waals surface area contributed by atoms with Crippen molar-refractivity contribution >= 4 is 11.8 Å². The van der Waals surface area contributed by atoms with Crippen LogP contribution in [0.5, 0.6) is 0 Å². The number of rotatable bonds is 24. The molecule has 0 unspecified atom stereocenters. The molecule has 0 N–H and O–H groups in total. The fourth-order valence-electron chi connectivity index (χ4n) is 4.39. The topological polar surface area (TPSA) is 0 Å². The molecule has 0 nitrogen and oxygen atoms in total. The third kappa shape index (κ3) is 8.90. The molecule has 0 fully saturated rings. The van der Waals surface area contributed by atoms with E-state index in [1.807, 2.05) is 0 Å². The Bertz CT molecular complexity index is 1790. The van der Waals surface area contributed by atoms with Crippen molar-refractivity contribution in [3.05, 3.63) is 0 Å². The quantitative estimate of drug-likeness (QED) is 0.0686. The zero-order valence-electron chi connectivity index (χ0n) is 31.6. The minimum absolute atomic E-state index is 1.60. The molecule has 0 aromatic rings. The second-order valence-corrected chi connectivity index (χ2v) is 15.1. The van der Waals surface area contributed by atoms with Crippen molar-refractivity contribution in [2.75, 3.05) is 11.5 Å². The molecule has 0 amide bonds. The maximum Gasteiger partial charge on any atom is 0.460 e. The summed E-state index contributed by atoms with van der Waals surface area (Å²) in [5.74, 6) is -192. The second kappa shape index (κ2) is 17.8. The highest BCUT2D eigenvalue weighted by Gasteiger charge is 3.01. The van der Waals surface area contributed by atoms with Crippen molar-refractivity contribution in [1.82, 2.24) is 0 Å². The molecule has 47 heteroatoms. The third-order valence-electron chi connectivity index (χ3n) is 9.06. The van der Waals surface area contributed by atoms with E-state index in [0.29, 0.717) is 0 Å². The lowest BCUT2D eigenvalue weighted by atomic mass is 9.85. The Morgan fingerprint density at radius 1 is 0.151 bits per heavy atom. The highest BCUT2D eigenvalue weighted by atomic mass is 32.2. The van der Waals surface area contributed by atoms with Crippen LogP contribution in [0.1, 0.15) is 12.8 Å². The van der Waals surface area contributed by atoms with Gasteiger partial charge in [-0.05, 0) is 11.5 Å². The van der Waals surface area contributed by atoms with Crippen LogP contribution in [-0.4, -0.2) is 142 Å². The lowest BCUT2D eigenvalue weighted by molar-refractivity contribution is -0.478. The Balaban J connectivity index is 6.87. The molecule has 0 aromatic heterocycles. The van der Waals surface area contributed by atoms with E-state index in [2.05, 4.69) is 0 Å². The van der Waals surface area contributed by atoms with Gasteiger partial charge in [-0.25, -0.2) is 0 Å². The largest absolute Gasteiger partial charge is 0.460 e. The summed E-state index contributed by atoms with van der Waals surface area (Å²) in [6.45, 7) is 0. The van der Waals surface area contributed by atoms with Crippen LogP contribution in [0.25, 0.3) is 0 Å². The van der Waals surface area contributed by atoms with Crippen molar-refractivity contribution in [2.24, 2.45) is 0 Å². The van der Waals surface area contributed by atoms with E-state index < -0.39 is 167 Å². The van der Waals surface area contributed by atoms with Crippen LogP contribution in [0.15, 0.2) is 0 Å². The first-order valence-electron chi connectivity index (χ1n) is 16.0. The first-order chi connectivity index (χ1) is 30.7. The molecule has 440 valence electrons. The fourth-order valence-corrected chi connectivity index (χ4v) is 5.40. The summed E-state index contributed by atoms with van der Waals surface area (Å²) < 4.78 is 621. The first kappa shape index (κ1) is 70.1. The van der Waals surface area contributed by atoms with Crippen molar-refractivity contribution in [2.45, 2.75) is 144 Å². The predicted octanol–water partition coefficient (Wildman–Crippen LogP) is 16.3. The fraction of sp³-hybridized carbons (Fsp3) is 1.00. The minimum atomic E-state index is -9.87. The van der Waals surface area contributed by atoms with E-state index >= 15 is 0 Å². The molecule has 0 saturated carbocycles. The molecule has 0 aliphatic carbocycles. The second-order valence-electron chi connectivity index (χ2n) is 13.9. The SMILES string of the molecule is FC(F)(F)C(F)(F)C(F)(F)C(F)(F)C(F)(F)C(F)(F)C(F)(F)C(F)(F)C(F)(F)C(F)(F)C(F)(F)CCSCCC(F)(F)C(F)(F)C(F)(F)C(F)(F)C(F)(F)C(F)(F)C(F)(F)C(F)(F)C(F)(F)C(F)(F)C(F)(F)F. The van der Waals surface area contributed by atoms with Crippen molar-refractivity contribution in [3.8, 4) is 0 Å². The van der Waals surface area contributed by atoms with Gasteiger partial charge >= 0.3 is 131 Å². The summed E-state index contributed by atoms with van der Waals surface area (Å²) in [5.41, 5.74) is 0. The monoisotopic (exact) mass is 1230 g/mol. The van der Waals surface area contributed by atoms with E-state index in [-0.39, 0.29) is 0 Å². The van der Waals surface area contributed by atoms with E-state index in [4.69, 9.17) is 0 Å². The third-order valence-corrected chi connectivity index (χ3v) is 10.0. The van der Waals surface area contributed by atoms with Gasteiger partial charge in [-0.2, -0.15) is 214 Å². The summed E-state index contributed by atoms with van der Waals surface area (Å²) in [7, 11) is 0. The maximum atomic E-state index is 14.0. The van der Waals surface area contributed by atoms with Crippen LogP contribution in [0.2, 0.25) is 0 Å². The lowest BCUT2D eigenvalue weighted by Crippen LogP contribution is -2.77. The Hall–Kier alpha value is -2.87. The zero-order valence-corrected chi connectivity index (χ0v) is 32.4. The highest BCUT2D eigenvalue weighted by molar-refractivity contribution is 7.99. The summed E-state index contributed by atoms with van der Waals surface area (Å²) in [6, 6.07) is 0. The predicted molar refractivity (Wildman–Crippen MR) is 138 cm³/mol. The minimum Gasteiger partial charge on any atom is -0.200 e. The van der Waals surface area contributed by atoms with Gasteiger partial charge in [-0.15, -0.1) is 0 Å². The van der Waals surface area contributed by atoms with Crippen LogP contribution in [-0.2, 0) is 0 Å². The Morgan fingerprint density at radius 2 is 0.260 bits per heavy atom. The normalized spacial score (nSPS) is 17.2. The van der Waals surface area contributed by atoms with Crippen LogP contribution in [0, 0.1) is 0 Å². The first-order valence-corrected chi connectivity index (χ1v) is 17.1. The van der Waals surface area contributed by atoms with E-state index in [9.17, 15) is 202 Å². The van der Waals surface area contributed by atoms with E-state index in [0.717, 1.165) is 0 Å². The molecular weight excluding hydrogens is 1220 g/mol. The number of halogens is 46. The molecule has 0 aliphatic heterocycles. The zero-order chi connectivity index (χ0) is 60.5. The van der Waals surface area contributed by atoms with Crippen molar-refractivity contribution in [3.63, 3.8) is 0 Å². The van der Waals surface area contributed by atoms with E-state index in [1.165, 1.54) is 0 Å². The average Bonchev–Trinajstić information content (AvgIpc) is 3.15. The van der Waals surface area contributed by atoms with Crippen LogP contribution in [0.4, 0.5) is 202 Å². The number of thioether (sulfide) groups is 1. The van der Waals surface area contributed by atoms with Gasteiger partial charge in [0, 0.05) is 12.8 Å². The molecule has 0 aliphatic rings. The smallest absolute Gasteiger partial charge is 0.200 e. The van der Waals surface area contributed by atoms with Crippen molar-refractivity contribution < 1.29 is 202 Å². The summed E-state index contributed by atoms with van der Waals surface area (Å²) in [6.07, 6.45) is -24.5. The van der Waals surface area contributed by atoms with Gasteiger partial charge in [-0.1, -0.05) is 0 Å².